The van der Waals surface area contributed by atoms with Crippen LogP contribution in [-0.2, 0) is 9.59 Å². The fraction of sp³-hybridized carbons (Fsp3) is 0.833. The van der Waals surface area contributed by atoms with Gasteiger partial charge in [-0.05, 0) is 12.8 Å². The number of hydrogen-bond donors (Lipinski definition) is 3. The highest BCUT2D eigenvalue weighted by Gasteiger charge is 2.24. The van der Waals surface area contributed by atoms with Crippen LogP contribution in [0, 0.1) is 5.92 Å². The Labute approximate surface area is 113 Å². The molecule has 0 saturated carbocycles. The lowest BCUT2D eigenvalue weighted by molar-refractivity contribution is -0.129. The van der Waals surface area contributed by atoms with E-state index in [1.165, 1.54) is 0 Å². The molecule has 0 aliphatic carbocycles. The van der Waals surface area contributed by atoms with Gasteiger partial charge in [0.05, 0.1) is 6.04 Å². The van der Waals surface area contributed by atoms with E-state index in [0.717, 1.165) is 18.1 Å². The van der Waals surface area contributed by atoms with Gasteiger partial charge in [0.25, 0.3) is 0 Å². The van der Waals surface area contributed by atoms with Crippen molar-refractivity contribution in [2.75, 3.05) is 24.6 Å². The second-order valence-electron chi connectivity index (χ2n) is 4.95. The first-order valence-electron chi connectivity index (χ1n) is 6.40. The summed E-state index contributed by atoms with van der Waals surface area (Å²) in [6.07, 6.45) is 0. The predicted molar refractivity (Wildman–Crippen MR) is 74.6 cm³/mol. The van der Waals surface area contributed by atoms with E-state index in [1.807, 2.05) is 13.8 Å². The van der Waals surface area contributed by atoms with Gasteiger partial charge in [-0.15, -0.1) is 0 Å². The van der Waals surface area contributed by atoms with Gasteiger partial charge in [-0.1, -0.05) is 13.8 Å². The van der Waals surface area contributed by atoms with Crippen LogP contribution in [0.5, 0.6) is 0 Å². The van der Waals surface area contributed by atoms with E-state index < -0.39 is 6.04 Å². The molecule has 1 rings (SSSR count). The molecule has 3 N–H and O–H groups in total. The third-order valence-corrected chi connectivity index (χ3v) is 3.74. The molecule has 5 nitrogen and oxygen atoms in total. The van der Waals surface area contributed by atoms with Crippen molar-refractivity contribution >= 4 is 23.6 Å². The topological polar surface area (TPSA) is 70.2 Å². The summed E-state index contributed by atoms with van der Waals surface area (Å²) in [4.78, 5) is 23.6. The summed E-state index contributed by atoms with van der Waals surface area (Å²) in [5.74, 6) is 2.00. The lowest BCUT2D eigenvalue weighted by atomic mass is 10.2. The molecular weight excluding hydrogens is 250 g/mol. The first kappa shape index (κ1) is 15.3. The van der Waals surface area contributed by atoms with Crippen LogP contribution in [-0.4, -0.2) is 48.5 Å². The quantitative estimate of drug-likeness (QED) is 0.658. The van der Waals surface area contributed by atoms with Crippen LogP contribution in [0.1, 0.15) is 20.8 Å². The Hall–Kier alpha value is -0.750. The Bertz CT molecular complexity index is 291. The zero-order valence-corrected chi connectivity index (χ0v) is 12.1. The van der Waals surface area contributed by atoms with Crippen molar-refractivity contribution < 1.29 is 9.59 Å². The van der Waals surface area contributed by atoms with Gasteiger partial charge in [-0.2, -0.15) is 11.8 Å². The van der Waals surface area contributed by atoms with Gasteiger partial charge in [0.1, 0.15) is 6.04 Å². The first-order chi connectivity index (χ1) is 8.50. The molecule has 0 radical (unpaired) electrons. The summed E-state index contributed by atoms with van der Waals surface area (Å²) in [7, 11) is 0. The van der Waals surface area contributed by atoms with Gasteiger partial charge in [-0.3, -0.25) is 9.59 Å². The number of carbonyl (C=O) groups excluding carboxylic acids is 2. The fourth-order valence-electron chi connectivity index (χ4n) is 1.57. The molecule has 0 aromatic carbocycles. The minimum atomic E-state index is -0.482. The van der Waals surface area contributed by atoms with E-state index in [-0.39, 0.29) is 17.9 Å². The number of thioether (sulfide) groups is 1. The van der Waals surface area contributed by atoms with Crippen LogP contribution in [0.2, 0.25) is 0 Å². The molecule has 1 saturated heterocycles. The lowest BCUT2D eigenvalue weighted by Crippen LogP contribution is -2.54. The SMILES string of the molecule is CC(C)CNC(=O)C(C)NC(=O)C1CSCCN1. The molecule has 1 heterocycles. The number of rotatable bonds is 5. The molecule has 2 amide bonds. The number of hydrogen-bond acceptors (Lipinski definition) is 4. The molecule has 0 aromatic heterocycles. The highest BCUT2D eigenvalue weighted by molar-refractivity contribution is 7.99. The van der Waals surface area contributed by atoms with E-state index in [1.54, 1.807) is 18.7 Å². The monoisotopic (exact) mass is 273 g/mol. The summed E-state index contributed by atoms with van der Waals surface area (Å²) in [6, 6.07) is -0.658. The Kier molecular flexibility index (Phi) is 6.49. The van der Waals surface area contributed by atoms with Gasteiger partial charge in [0.15, 0.2) is 0 Å². The second-order valence-corrected chi connectivity index (χ2v) is 6.10. The van der Waals surface area contributed by atoms with Gasteiger partial charge in [0.2, 0.25) is 11.8 Å². The summed E-state index contributed by atoms with van der Waals surface area (Å²) < 4.78 is 0. The van der Waals surface area contributed by atoms with Gasteiger partial charge in [-0.25, -0.2) is 0 Å². The highest BCUT2D eigenvalue weighted by atomic mass is 32.2. The van der Waals surface area contributed by atoms with Gasteiger partial charge >= 0.3 is 0 Å². The Morgan fingerprint density at radius 2 is 2.11 bits per heavy atom. The molecule has 18 heavy (non-hydrogen) atoms. The Morgan fingerprint density at radius 1 is 1.39 bits per heavy atom. The lowest BCUT2D eigenvalue weighted by Gasteiger charge is -2.24. The predicted octanol–water partition coefficient (Wildman–Crippen LogP) is -0.0317. The summed E-state index contributed by atoms with van der Waals surface area (Å²) in [5.41, 5.74) is 0. The van der Waals surface area contributed by atoms with Gasteiger partial charge < -0.3 is 16.0 Å². The maximum absolute atomic E-state index is 11.9. The van der Waals surface area contributed by atoms with Crippen molar-refractivity contribution in [1.29, 1.82) is 0 Å². The third kappa shape index (κ3) is 5.27. The summed E-state index contributed by atoms with van der Waals surface area (Å²) in [5, 5.41) is 8.71. The second kappa shape index (κ2) is 7.63. The largest absolute Gasteiger partial charge is 0.354 e. The molecule has 2 atom stereocenters. The van der Waals surface area contributed by atoms with E-state index in [4.69, 9.17) is 0 Å². The van der Waals surface area contributed by atoms with Crippen LogP contribution in [0.15, 0.2) is 0 Å². The van der Waals surface area contributed by atoms with Crippen molar-refractivity contribution in [1.82, 2.24) is 16.0 Å². The third-order valence-electron chi connectivity index (χ3n) is 2.67. The summed E-state index contributed by atoms with van der Waals surface area (Å²) >= 11 is 1.76. The fourth-order valence-corrected chi connectivity index (χ4v) is 2.50. The number of amides is 2. The molecule has 6 heteroatoms. The van der Waals surface area contributed by atoms with Crippen molar-refractivity contribution in [3.8, 4) is 0 Å². The minimum Gasteiger partial charge on any atom is -0.354 e. The van der Waals surface area contributed by atoms with Crippen LogP contribution < -0.4 is 16.0 Å². The van der Waals surface area contributed by atoms with Gasteiger partial charge in [0, 0.05) is 24.6 Å². The van der Waals surface area contributed by atoms with Crippen molar-refractivity contribution in [3.05, 3.63) is 0 Å². The van der Waals surface area contributed by atoms with E-state index in [9.17, 15) is 9.59 Å². The maximum Gasteiger partial charge on any atom is 0.242 e. The van der Waals surface area contributed by atoms with Crippen molar-refractivity contribution in [2.45, 2.75) is 32.9 Å². The number of nitrogens with one attached hydrogen (secondary N) is 3. The van der Waals surface area contributed by atoms with Crippen LogP contribution in [0.3, 0.4) is 0 Å². The van der Waals surface area contributed by atoms with E-state index in [0.29, 0.717) is 12.5 Å². The first-order valence-corrected chi connectivity index (χ1v) is 7.55. The number of carbonyl (C=O) groups is 2. The normalized spacial score (nSPS) is 21.4. The molecule has 1 aliphatic rings. The molecule has 1 fully saturated rings. The molecule has 0 spiro atoms. The average molecular weight is 273 g/mol. The van der Waals surface area contributed by atoms with Crippen LogP contribution in [0.25, 0.3) is 0 Å². The van der Waals surface area contributed by atoms with E-state index in [2.05, 4.69) is 16.0 Å². The standard InChI is InChI=1S/C12H23N3O2S/c1-8(2)6-14-11(16)9(3)15-12(17)10-7-18-5-4-13-10/h8-10,13H,4-7H2,1-3H3,(H,14,16)(H,15,17). The Morgan fingerprint density at radius 3 is 2.67 bits per heavy atom. The van der Waals surface area contributed by atoms with E-state index >= 15 is 0 Å². The molecule has 1 aliphatic heterocycles. The average Bonchev–Trinajstić information content (AvgIpc) is 2.36. The molecule has 104 valence electrons. The molecule has 0 aromatic rings. The smallest absolute Gasteiger partial charge is 0.242 e. The molecule has 0 bridgehead atoms. The minimum absolute atomic E-state index is 0.0885. The van der Waals surface area contributed by atoms with Crippen molar-refractivity contribution in [2.24, 2.45) is 5.92 Å². The summed E-state index contributed by atoms with van der Waals surface area (Å²) in [6.45, 7) is 7.26. The van der Waals surface area contributed by atoms with Crippen molar-refractivity contribution in [3.63, 3.8) is 0 Å². The maximum atomic E-state index is 11.9. The Balaban J connectivity index is 2.31. The van der Waals surface area contributed by atoms with Crippen LogP contribution in [0.4, 0.5) is 0 Å². The highest BCUT2D eigenvalue weighted by Crippen LogP contribution is 2.07. The molecular formula is C12H23N3O2S. The zero-order chi connectivity index (χ0) is 13.5. The molecule has 2 unspecified atom stereocenters. The van der Waals surface area contributed by atoms with Crippen LogP contribution >= 0.6 is 11.8 Å². The zero-order valence-electron chi connectivity index (χ0n) is 11.3.